The minimum atomic E-state index is -0.184. The van der Waals surface area contributed by atoms with Crippen LogP contribution in [0.25, 0.3) is 0 Å². The minimum Gasteiger partial charge on any atom is -0.337 e. The fourth-order valence-electron chi connectivity index (χ4n) is 4.39. The summed E-state index contributed by atoms with van der Waals surface area (Å²) in [5.41, 5.74) is 1.10. The Kier molecular flexibility index (Phi) is 6.10. The molecule has 1 aliphatic heterocycles. The average Bonchev–Trinajstić information content (AvgIpc) is 3.41. The van der Waals surface area contributed by atoms with Crippen LogP contribution in [0.15, 0.2) is 23.6 Å². The summed E-state index contributed by atoms with van der Waals surface area (Å²) in [6.45, 7) is 1.19. The maximum absolute atomic E-state index is 12.7. The lowest BCUT2D eigenvalue weighted by atomic mass is 9.86. The quantitative estimate of drug-likeness (QED) is 0.794. The molecule has 2 N–H and O–H groups in total. The van der Waals surface area contributed by atoms with Crippen LogP contribution in [-0.2, 0) is 11.2 Å². The van der Waals surface area contributed by atoms with E-state index >= 15 is 0 Å². The minimum absolute atomic E-state index is 0.0297. The number of likely N-dealkylation sites (tertiary alicyclic amines) is 1. The van der Waals surface area contributed by atoms with E-state index in [4.69, 9.17) is 0 Å². The molecule has 1 aliphatic carbocycles. The number of amides is 2. The van der Waals surface area contributed by atoms with E-state index in [2.05, 4.69) is 15.5 Å². The number of nitrogens with zero attached hydrogens (tertiary/aromatic N) is 2. The van der Waals surface area contributed by atoms with Crippen molar-refractivity contribution >= 4 is 29.0 Å². The van der Waals surface area contributed by atoms with Crippen molar-refractivity contribution in [2.75, 3.05) is 18.4 Å². The van der Waals surface area contributed by atoms with Gasteiger partial charge in [0.2, 0.25) is 5.91 Å². The summed E-state index contributed by atoms with van der Waals surface area (Å²) in [4.78, 5) is 27.8. The van der Waals surface area contributed by atoms with Crippen molar-refractivity contribution < 1.29 is 9.59 Å². The van der Waals surface area contributed by atoms with Gasteiger partial charge in [-0.3, -0.25) is 14.7 Å². The van der Waals surface area contributed by atoms with Crippen LogP contribution in [0.4, 0.5) is 5.82 Å². The van der Waals surface area contributed by atoms with Crippen LogP contribution in [0, 0.1) is 11.8 Å². The van der Waals surface area contributed by atoms with Crippen molar-refractivity contribution in [3.8, 4) is 0 Å². The summed E-state index contributed by atoms with van der Waals surface area (Å²) in [5.74, 6) is 1.13. The Bertz CT molecular complexity index is 795. The summed E-state index contributed by atoms with van der Waals surface area (Å²) in [7, 11) is 0. The molecule has 6 nitrogen and oxygen atoms in total. The number of hydrogen-bond acceptors (Lipinski definition) is 4. The predicted molar refractivity (Wildman–Crippen MR) is 110 cm³/mol. The van der Waals surface area contributed by atoms with E-state index < -0.39 is 0 Å². The Labute approximate surface area is 169 Å². The lowest BCUT2D eigenvalue weighted by Crippen LogP contribution is -2.43. The fraction of sp³-hybridized carbons (Fsp3) is 0.571. The van der Waals surface area contributed by atoms with Crippen molar-refractivity contribution in [3.05, 3.63) is 34.2 Å². The first kappa shape index (κ1) is 19.2. The fourth-order valence-corrected chi connectivity index (χ4v) is 5.08. The molecular weight excluding hydrogens is 372 g/mol. The topological polar surface area (TPSA) is 78.1 Å². The lowest BCUT2D eigenvalue weighted by Gasteiger charge is -2.31. The van der Waals surface area contributed by atoms with Gasteiger partial charge in [-0.1, -0.05) is 38.2 Å². The van der Waals surface area contributed by atoms with Gasteiger partial charge in [0.05, 0.1) is 10.8 Å². The molecule has 2 aromatic heterocycles. The second-order valence-corrected chi connectivity index (χ2v) is 8.99. The number of nitrogens with one attached hydrogen (secondary N) is 2. The molecule has 1 atom stereocenters. The Hall–Kier alpha value is -2.15. The smallest absolute Gasteiger partial charge is 0.263 e. The monoisotopic (exact) mass is 400 g/mol. The van der Waals surface area contributed by atoms with Crippen LogP contribution in [0.2, 0.25) is 0 Å². The Morgan fingerprint density at radius 2 is 2.07 bits per heavy atom. The van der Waals surface area contributed by atoms with Crippen LogP contribution in [0.5, 0.6) is 0 Å². The van der Waals surface area contributed by atoms with Crippen LogP contribution in [0.3, 0.4) is 0 Å². The number of aromatic amines is 1. The molecule has 2 aliphatic rings. The molecule has 1 saturated carbocycles. The van der Waals surface area contributed by atoms with Crippen molar-refractivity contribution in [3.63, 3.8) is 0 Å². The SMILES string of the molecule is O=C(Nc1cc(CC2CCCCC2)[nH]n1)C1CCCN(C(=O)c2cccs2)C1. The average molecular weight is 401 g/mol. The summed E-state index contributed by atoms with van der Waals surface area (Å²) in [6.07, 6.45) is 9.25. The Morgan fingerprint density at radius 3 is 2.86 bits per heavy atom. The maximum Gasteiger partial charge on any atom is 0.263 e. The summed E-state index contributed by atoms with van der Waals surface area (Å²) in [6, 6.07) is 5.69. The van der Waals surface area contributed by atoms with Gasteiger partial charge in [0.15, 0.2) is 5.82 Å². The molecule has 1 saturated heterocycles. The number of carbonyl (C=O) groups excluding carboxylic acids is 2. The first-order valence-electron chi connectivity index (χ1n) is 10.4. The van der Waals surface area contributed by atoms with Crippen molar-refractivity contribution in [2.24, 2.45) is 11.8 Å². The highest BCUT2D eigenvalue weighted by atomic mass is 32.1. The molecule has 0 spiro atoms. The van der Waals surface area contributed by atoms with Crippen LogP contribution < -0.4 is 5.32 Å². The number of hydrogen-bond donors (Lipinski definition) is 2. The van der Waals surface area contributed by atoms with Crippen LogP contribution >= 0.6 is 11.3 Å². The van der Waals surface area contributed by atoms with Crippen molar-refractivity contribution in [1.82, 2.24) is 15.1 Å². The third-order valence-corrected chi connectivity index (χ3v) is 6.78. The number of carbonyl (C=O) groups is 2. The van der Waals surface area contributed by atoms with E-state index in [9.17, 15) is 9.59 Å². The van der Waals surface area contributed by atoms with Gasteiger partial charge >= 0.3 is 0 Å². The first-order valence-corrected chi connectivity index (χ1v) is 11.2. The second kappa shape index (κ2) is 8.90. The second-order valence-electron chi connectivity index (χ2n) is 8.04. The van der Waals surface area contributed by atoms with Crippen molar-refractivity contribution in [2.45, 2.75) is 51.4 Å². The zero-order valence-corrected chi connectivity index (χ0v) is 17.0. The molecule has 150 valence electrons. The number of rotatable bonds is 5. The lowest BCUT2D eigenvalue weighted by molar-refractivity contribution is -0.121. The van der Waals surface area contributed by atoms with E-state index in [0.717, 1.165) is 35.8 Å². The number of anilines is 1. The number of H-pyrrole nitrogens is 1. The predicted octanol–water partition coefficient (Wildman–Crippen LogP) is 4.08. The molecule has 28 heavy (non-hydrogen) atoms. The van der Waals surface area contributed by atoms with Gasteiger partial charge in [0, 0.05) is 24.8 Å². The van der Waals surface area contributed by atoms with Crippen molar-refractivity contribution in [1.29, 1.82) is 0 Å². The summed E-state index contributed by atoms with van der Waals surface area (Å²) >= 11 is 1.45. The zero-order valence-electron chi connectivity index (χ0n) is 16.2. The number of piperidine rings is 1. The van der Waals surface area contributed by atoms with E-state index in [1.54, 1.807) is 4.90 Å². The molecule has 2 aromatic rings. The van der Waals surface area contributed by atoms with E-state index in [1.165, 1.54) is 43.4 Å². The largest absolute Gasteiger partial charge is 0.337 e. The highest BCUT2D eigenvalue weighted by Crippen LogP contribution is 2.27. The van der Waals surface area contributed by atoms with Gasteiger partial charge in [0.25, 0.3) is 5.91 Å². The molecular formula is C21H28N4O2S. The standard InChI is InChI=1S/C21H28N4O2S/c26-20(16-8-4-10-25(14-16)21(27)18-9-5-11-28-18)22-19-13-17(23-24-19)12-15-6-2-1-3-7-15/h5,9,11,13,15-16H,1-4,6-8,10,12,14H2,(H2,22,23,24,26). The van der Waals surface area contributed by atoms with Gasteiger partial charge in [-0.25, -0.2) is 0 Å². The first-order chi connectivity index (χ1) is 13.7. The van der Waals surface area contributed by atoms with E-state index in [-0.39, 0.29) is 17.7 Å². The highest BCUT2D eigenvalue weighted by molar-refractivity contribution is 7.12. The summed E-state index contributed by atoms with van der Waals surface area (Å²) in [5, 5.41) is 12.2. The van der Waals surface area contributed by atoms with Crippen LogP contribution in [-0.4, -0.2) is 40.0 Å². The van der Waals surface area contributed by atoms with Gasteiger partial charge in [-0.2, -0.15) is 5.10 Å². The van der Waals surface area contributed by atoms with Crippen LogP contribution in [0.1, 0.15) is 60.3 Å². The molecule has 4 rings (SSSR count). The third-order valence-electron chi connectivity index (χ3n) is 5.93. The van der Waals surface area contributed by atoms with Gasteiger partial charge in [0.1, 0.15) is 0 Å². The molecule has 0 radical (unpaired) electrons. The highest BCUT2D eigenvalue weighted by Gasteiger charge is 2.29. The third kappa shape index (κ3) is 4.63. The number of aromatic nitrogens is 2. The van der Waals surface area contributed by atoms with Gasteiger partial charge < -0.3 is 10.2 Å². The normalized spacial score (nSPS) is 20.9. The summed E-state index contributed by atoms with van der Waals surface area (Å²) < 4.78 is 0. The van der Waals surface area contributed by atoms with Gasteiger partial charge in [-0.15, -0.1) is 11.3 Å². The molecule has 1 unspecified atom stereocenters. The Balaban J connectivity index is 1.31. The van der Waals surface area contributed by atoms with E-state index in [1.807, 2.05) is 23.6 Å². The Morgan fingerprint density at radius 1 is 1.21 bits per heavy atom. The molecule has 3 heterocycles. The molecule has 0 bridgehead atoms. The van der Waals surface area contributed by atoms with Gasteiger partial charge in [-0.05, 0) is 36.6 Å². The number of thiophene rings is 1. The molecule has 7 heteroatoms. The zero-order chi connectivity index (χ0) is 19.3. The van der Waals surface area contributed by atoms with E-state index in [0.29, 0.717) is 18.9 Å². The molecule has 2 amide bonds. The molecule has 2 fully saturated rings. The molecule has 0 aromatic carbocycles. The maximum atomic E-state index is 12.7.